The van der Waals surface area contributed by atoms with Gasteiger partial charge in [-0.3, -0.25) is 9.59 Å². The number of ether oxygens (including phenoxy) is 1. The van der Waals surface area contributed by atoms with Crippen LogP contribution in [-0.2, 0) is 16.1 Å². The first-order valence-corrected chi connectivity index (χ1v) is 9.90. The van der Waals surface area contributed by atoms with Crippen LogP contribution in [-0.4, -0.2) is 40.2 Å². The van der Waals surface area contributed by atoms with Gasteiger partial charge in [0, 0.05) is 24.9 Å². The molecule has 6 nitrogen and oxygen atoms in total. The quantitative estimate of drug-likeness (QED) is 0.459. The van der Waals surface area contributed by atoms with Crippen LogP contribution in [0.3, 0.4) is 0 Å². The zero-order valence-electron chi connectivity index (χ0n) is 16.1. The highest BCUT2D eigenvalue weighted by molar-refractivity contribution is 8.00. The van der Waals surface area contributed by atoms with E-state index < -0.39 is 0 Å². The Bertz CT molecular complexity index is 982. The SMILES string of the molecule is COCCn1c(S[C@@H](C)C(=O)Nc2ccc(C(C)=O)cc2)nc2ccccc21. The van der Waals surface area contributed by atoms with E-state index in [-0.39, 0.29) is 16.9 Å². The highest BCUT2D eigenvalue weighted by Gasteiger charge is 2.19. The summed E-state index contributed by atoms with van der Waals surface area (Å²) >= 11 is 1.41. The number of anilines is 1. The number of rotatable bonds is 8. The minimum atomic E-state index is -0.342. The van der Waals surface area contributed by atoms with Gasteiger partial charge >= 0.3 is 0 Å². The smallest absolute Gasteiger partial charge is 0.237 e. The lowest BCUT2D eigenvalue weighted by atomic mass is 10.1. The number of Topliss-reactive ketones (excluding diaryl/α,β-unsaturated/α-hetero) is 1. The molecule has 0 aliphatic rings. The monoisotopic (exact) mass is 397 g/mol. The van der Waals surface area contributed by atoms with Crippen LogP contribution in [0.15, 0.2) is 53.7 Å². The highest BCUT2D eigenvalue weighted by Crippen LogP contribution is 2.28. The predicted molar refractivity (Wildman–Crippen MR) is 112 cm³/mol. The predicted octanol–water partition coefficient (Wildman–Crippen LogP) is 4.00. The Labute approximate surface area is 168 Å². The van der Waals surface area contributed by atoms with E-state index in [1.54, 1.807) is 31.4 Å². The van der Waals surface area contributed by atoms with Crippen LogP contribution in [0.1, 0.15) is 24.2 Å². The summed E-state index contributed by atoms with van der Waals surface area (Å²) in [7, 11) is 1.67. The van der Waals surface area contributed by atoms with Gasteiger partial charge in [-0.25, -0.2) is 4.98 Å². The van der Waals surface area contributed by atoms with Crippen LogP contribution in [0.5, 0.6) is 0 Å². The van der Waals surface area contributed by atoms with Gasteiger partial charge in [-0.1, -0.05) is 23.9 Å². The van der Waals surface area contributed by atoms with E-state index in [0.717, 1.165) is 16.2 Å². The Balaban J connectivity index is 1.73. The number of carbonyl (C=O) groups is 2. The molecule has 1 N–H and O–H groups in total. The molecule has 0 saturated heterocycles. The average molecular weight is 398 g/mol. The fourth-order valence-electron chi connectivity index (χ4n) is 2.79. The normalized spacial score (nSPS) is 12.1. The maximum Gasteiger partial charge on any atom is 0.237 e. The van der Waals surface area contributed by atoms with E-state index in [2.05, 4.69) is 14.9 Å². The van der Waals surface area contributed by atoms with Gasteiger partial charge in [0.25, 0.3) is 0 Å². The third kappa shape index (κ3) is 4.61. The van der Waals surface area contributed by atoms with Crippen LogP contribution < -0.4 is 5.32 Å². The molecule has 2 aromatic carbocycles. The molecule has 0 unspecified atom stereocenters. The average Bonchev–Trinajstić information content (AvgIpc) is 3.03. The summed E-state index contributed by atoms with van der Waals surface area (Å²) in [6.07, 6.45) is 0. The number of para-hydroxylation sites is 2. The van der Waals surface area contributed by atoms with Crippen molar-refractivity contribution in [1.82, 2.24) is 9.55 Å². The van der Waals surface area contributed by atoms with Crippen LogP contribution in [0.25, 0.3) is 11.0 Å². The van der Waals surface area contributed by atoms with E-state index in [4.69, 9.17) is 4.74 Å². The van der Waals surface area contributed by atoms with Crippen LogP contribution in [0.4, 0.5) is 5.69 Å². The number of nitrogens with zero attached hydrogens (tertiary/aromatic N) is 2. The van der Waals surface area contributed by atoms with Gasteiger partial charge in [0.15, 0.2) is 10.9 Å². The van der Waals surface area contributed by atoms with Crippen molar-refractivity contribution in [1.29, 1.82) is 0 Å². The van der Waals surface area contributed by atoms with Gasteiger partial charge in [0.2, 0.25) is 5.91 Å². The molecule has 0 radical (unpaired) electrons. The number of benzene rings is 2. The first-order valence-electron chi connectivity index (χ1n) is 9.02. The minimum absolute atomic E-state index is 0.00300. The number of nitrogens with one attached hydrogen (secondary N) is 1. The Hall–Kier alpha value is -2.64. The third-order valence-corrected chi connectivity index (χ3v) is 5.44. The van der Waals surface area contributed by atoms with Gasteiger partial charge < -0.3 is 14.6 Å². The largest absolute Gasteiger partial charge is 0.383 e. The van der Waals surface area contributed by atoms with Crippen LogP contribution in [0, 0.1) is 0 Å². The Morgan fingerprint density at radius 3 is 2.57 bits per heavy atom. The number of hydrogen-bond donors (Lipinski definition) is 1. The Kier molecular flexibility index (Phi) is 6.49. The number of fused-ring (bicyclic) bond motifs is 1. The number of thioether (sulfide) groups is 1. The van der Waals surface area contributed by atoms with Crippen molar-refractivity contribution in [2.45, 2.75) is 30.8 Å². The molecule has 0 aliphatic heterocycles. The summed E-state index contributed by atoms with van der Waals surface area (Å²) in [6.45, 7) is 4.60. The summed E-state index contributed by atoms with van der Waals surface area (Å²) in [6, 6.07) is 14.8. The van der Waals surface area contributed by atoms with E-state index in [1.807, 2.05) is 31.2 Å². The number of amides is 1. The van der Waals surface area contributed by atoms with Crippen LogP contribution >= 0.6 is 11.8 Å². The van der Waals surface area contributed by atoms with Gasteiger partial charge in [-0.2, -0.15) is 0 Å². The standard InChI is InChI=1S/C21H23N3O3S/c1-14(25)16-8-10-17(11-9-16)22-20(26)15(2)28-21-23-18-6-4-5-7-19(18)24(21)12-13-27-3/h4-11,15H,12-13H2,1-3H3,(H,22,26)/t15-/m0/s1. The molecule has 1 atom stereocenters. The number of imidazole rings is 1. The third-order valence-electron chi connectivity index (χ3n) is 4.35. The Morgan fingerprint density at radius 1 is 1.18 bits per heavy atom. The molecule has 3 aromatic rings. The molecule has 1 aromatic heterocycles. The second-order valence-electron chi connectivity index (χ2n) is 6.41. The molecule has 28 heavy (non-hydrogen) atoms. The molecule has 0 spiro atoms. The Morgan fingerprint density at radius 2 is 1.89 bits per heavy atom. The summed E-state index contributed by atoms with van der Waals surface area (Å²) in [4.78, 5) is 28.7. The number of hydrogen-bond acceptors (Lipinski definition) is 5. The van der Waals surface area contributed by atoms with Gasteiger partial charge in [0.1, 0.15) is 0 Å². The highest BCUT2D eigenvalue weighted by atomic mass is 32.2. The van der Waals surface area contributed by atoms with Crippen LogP contribution in [0.2, 0.25) is 0 Å². The van der Waals surface area contributed by atoms with E-state index in [9.17, 15) is 9.59 Å². The second kappa shape index (κ2) is 9.03. The van der Waals surface area contributed by atoms with Crippen molar-refractivity contribution in [3.8, 4) is 0 Å². The molecule has 0 fully saturated rings. The molecular weight excluding hydrogens is 374 g/mol. The number of carbonyl (C=O) groups excluding carboxylic acids is 2. The van der Waals surface area contributed by atoms with Gasteiger partial charge in [-0.05, 0) is 50.2 Å². The maximum absolute atomic E-state index is 12.6. The first-order chi connectivity index (χ1) is 13.5. The summed E-state index contributed by atoms with van der Waals surface area (Å²) < 4.78 is 7.29. The molecule has 0 bridgehead atoms. The molecular formula is C21H23N3O3S. The number of methoxy groups -OCH3 is 1. The topological polar surface area (TPSA) is 73.2 Å². The van der Waals surface area contributed by atoms with Crippen molar-refractivity contribution in [3.05, 3.63) is 54.1 Å². The fraction of sp³-hybridized carbons (Fsp3) is 0.286. The van der Waals surface area contributed by atoms with Crippen molar-refractivity contribution in [2.24, 2.45) is 0 Å². The number of aromatic nitrogens is 2. The fourth-order valence-corrected chi connectivity index (χ4v) is 3.74. The molecule has 1 heterocycles. The number of ketones is 1. The van der Waals surface area contributed by atoms with Crippen molar-refractivity contribution < 1.29 is 14.3 Å². The lowest BCUT2D eigenvalue weighted by Crippen LogP contribution is -2.23. The van der Waals surface area contributed by atoms with E-state index in [1.165, 1.54) is 18.7 Å². The molecule has 1 amide bonds. The van der Waals surface area contributed by atoms with Crippen molar-refractivity contribution >= 4 is 40.2 Å². The zero-order chi connectivity index (χ0) is 20.1. The molecule has 146 valence electrons. The molecule has 0 aliphatic carbocycles. The molecule has 3 rings (SSSR count). The minimum Gasteiger partial charge on any atom is -0.383 e. The zero-order valence-corrected chi connectivity index (χ0v) is 17.0. The van der Waals surface area contributed by atoms with E-state index in [0.29, 0.717) is 24.4 Å². The van der Waals surface area contributed by atoms with Gasteiger partial charge in [0.05, 0.1) is 22.9 Å². The lowest BCUT2D eigenvalue weighted by Gasteiger charge is -2.13. The second-order valence-corrected chi connectivity index (χ2v) is 7.72. The van der Waals surface area contributed by atoms with Crippen molar-refractivity contribution in [2.75, 3.05) is 19.0 Å². The van der Waals surface area contributed by atoms with Gasteiger partial charge in [-0.15, -0.1) is 0 Å². The summed E-state index contributed by atoms with van der Waals surface area (Å²) in [5, 5.41) is 3.33. The lowest BCUT2D eigenvalue weighted by molar-refractivity contribution is -0.115. The molecule has 7 heteroatoms. The first kappa shape index (κ1) is 20.1. The summed E-state index contributed by atoms with van der Waals surface area (Å²) in [5.74, 6) is -0.123. The summed E-state index contributed by atoms with van der Waals surface area (Å²) in [5.41, 5.74) is 3.20. The van der Waals surface area contributed by atoms with E-state index >= 15 is 0 Å². The maximum atomic E-state index is 12.6. The van der Waals surface area contributed by atoms with Crippen molar-refractivity contribution in [3.63, 3.8) is 0 Å². The molecule has 0 saturated carbocycles.